The van der Waals surface area contributed by atoms with Gasteiger partial charge in [-0.1, -0.05) is 24.3 Å². The maximum atomic E-state index is 12.3. The van der Waals surface area contributed by atoms with Gasteiger partial charge in [-0.05, 0) is 55.9 Å². The average molecular weight is 335 g/mol. The van der Waals surface area contributed by atoms with Crippen LogP contribution in [0, 0.1) is 6.92 Å². The second-order valence-corrected chi connectivity index (χ2v) is 6.60. The van der Waals surface area contributed by atoms with Gasteiger partial charge in [0.05, 0.1) is 11.0 Å². The summed E-state index contributed by atoms with van der Waals surface area (Å²) in [5, 5.41) is 3.01. The monoisotopic (exact) mass is 335 g/mol. The van der Waals surface area contributed by atoms with Gasteiger partial charge in [-0.3, -0.25) is 0 Å². The summed E-state index contributed by atoms with van der Waals surface area (Å²) < 4.78 is 5.46. The minimum absolute atomic E-state index is 0.104. The molecule has 0 bridgehead atoms. The minimum atomic E-state index is -0.406. The van der Waals surface area contributed by atoms with Gasteiger partial charge in [-0.25, -0.2) is 9.78 Å². The number of hydrogen-bond acceptors (Lipinski definition) is 3. The van der Waals surface area contributed by atoms with Crippen molar-refractivity contribution in [3.8, 4) is 5.75 Å². The van der Waals surface area contributed by atoms with Crippen LogP contribution in [0.3, 0.4) is 0 Å². The number of nitrogens with one attached hydrogen (secondary N) is 2. The molecule has 1 amide bonds. The Hall–Kier alpha value is -2.82. The molecule has 4 rings (SSSR count). The van der Waals surface area contributed by atoms with Gasteiger partial charge in [0.1, 0.15) is 11.6 Å². The van der Waals surface area contributed by atoms with E-state index in [0.29, 0.717) is 5.75 Å². The third-order valence-electron chi connectivity index (χ3n) is 4.69. The van der Waals surface area contributed by atoms with Crippen molar-refractivity contribution in [3.05, 3.63) is 59.4 Å². The molecule has 0 saturated heterocycles. The highest BCUT2D eigenvalue weighted by molar-refractivity contribution is 5.78. The fourth-order valence-corrected chi connectivity index (χ4v) is 3.51. The second kappa shape index (κ2) is 6.59. The number of aromatic nitrogens is 2. The van der Waals surface area contributed by atoms with E-state index in [2.05, 4.69) is 39.6 Å². The molecule has 2 aromatic carbocycles. The standard InChI is InChI=1S/C20H21N3O2/c1-13-21-18-10-9-17(12-19(18)22-13)25-20(24)23-16-8-4-7-14-5-2-3-6-15(14)11-16/h2-3,5-6,9-10,12,16H,4,7-8,11H2,1H3,(H,21,22)(H,23,24). The molecule has 1 heterocycles. The van der Waals surface area contributed by atoms with Crippen LogP contribution in [0.4, 0.5) is 4.79 Å². The molecule has 2 N–H and O–H groups in total. The Morgan fingerprint density at radius 2 is 2.08 bits per heavy atom. The van der Waals surface area contributed by atoms with Crippen LogP contribution in [0.1, 0.15) is 29.8 Å². The van der Waals surface area contributed by atoms with E-state index in [1.54, 1.807) is 12.1 Å². The van der Waals surface area contributed by atoms with Gasteiger partial charge in [0.25, 0.3) is 0 Å². The predicted molar refractivity (Wildman–Crippen MR) is 96.9 cm³/mol. The van der Waals surface area contributed by atoms with Crippen LogP contribution in [0.15, 0.2) is 42.5 Å². The first-order valence-corrected chi connectivity index (χ1v) is 8.69. The Kier molecular flexibility index (Phi) is 4.14. The van der Waals surface area contributed by atoms with E-state index in [0.717, 1.165) is 42.5 Å². The van der Waals surface area contributed by atoms with Crippen LogP contribution < -0.4 is 10.1 Å². The van der Waals surface area contributed by atoms with Crippen LogP contribution in [-0.2, 0) is 12.8 Å². The molecule has 1 aliphatic carbocycles. The molecular formula is C20H21N3O2. The fourth-order valence-electron chi connectivity index (χ4n) is 3.51. The number of amides is 1. The molecule has 1 aromatic heterocycles. The highest BCUT2D eigenvalue weighted by Gasteiger charge is 2.19. The number of nitrogens with zero attached hydrogens (tertiary/aromatic N) is 1. The van der Waals surface area contributed by atoms with E-state index in [1.165, 1.54) is 11.1 Å². The van der Waals surface area contributed by atoms with Crippen LogP contribution in [0.5, 0.6) is 5.75 Å². The van der Waals surface area contributed by atoms with E-state index >= 15 is 0 Å². The number of aryl methyl sites for hydroxylation is 2. The first kappa shape index (κ1) is 15.7. The van der Waals surface area contributed by atoms with Crippen LogP contribution in [0.25, 0.3) is 11.0 Å². The van der Waals surface area contributed by atoms with Crippen molar-refractivity contribution in [2.24, 2.45) is 0 Å². The SMILES string of the molecule is Cc1nc2cc(OC(=O)NC3CCCc4ccccc4C3)ccc2[nH]1. The predicted octanol–water partition coefficient (Wildman–Crippen LogP) is 3.91. The van der Waals surface area contributed by atoms with E-state index in [-0.39, 0.29) is 6.04 Å². The number of imidazole rings is 1. The number of H-pyrrole nitrogens is 1. The lowest BCUT2D eigenvalue weighted by Gasteiger charge is -2.16. The van der Waals surface area contributed by atoms with Gasteiger partial charge < -0.3 is 15.0 Å². The summed E-state index contributed by atoms with van der Waals surface area (Å²) in [4.78, 5) is 19.8. The largest absolute Gasteiger partial charge is 0.412 e. The quantitative estimate of drug-likeness (QED) is 0.698. The van der Waals surface area contributed by atoms with Crippen LogP contribution >= 0.6 is 0 Å². The van der Waals surface area contributed by atoms with Crippen molar-refractivity contribution in [2.45, 2.75) is 38.6 Å². The number of carbonyl (C=O) groups excluding carboxylic acids is 1. The Labute approximate surface area is 146 Å². The number of carbonyl (C=O) groups is 1. The highest BCUT2D eigenvalue weighted by Crippen LogP contribution is 2.22. The first-order valence-electron chi connectivity index (χ1n) is 8.69. The highest BCUT2D eigenvalue weighted by atomic mass is 16.6. The summed E-state index contributed by atoms with van der Waals surface area (Å²) >= 11 is 0. The van der Waals surface area contributed by atoms with E-state index in [4.69, 9.17) is 4.74 Å². The molecule has 1 aliphatic rings. The van der Waals surface area contributed by atoms with Crippen molar-refractivity contribution in [1.29, 1.82) is 0 Å². The number of hydrogen-bond donors (Lipinski definition) is 2. The molecule has 0 fully saturated rings. The zero-order valence-electron chi connectivity index (χ0n) is 14.2. The molecule has 1 unspecified atom stereocenters. The maximum absolute atomic E-state index is 12.3. The number of rotatable bonds is 2. The first-order chi connectivity index (χ1) is 12.2. The lowest BCUT2D eigenvalue weighted by Crippen LogP contribution is -2.38. The summed E-state index contributed by atoms with van der Waals surface area (Å²) in [6.45, 7) is 1.90. The van der Waals surface area contributed by atoms with Crippen LogP contribution in [0.2, 0.25) is 0 Å². The number of ether oxygens (including phenoxy) is 1. The van der Waals surface area contributed by atoms with Crippen molar-refractivity contribution >= 4 is 17.1 Å². The molecule has 0 spiro atoms. The average Bonchev–Trinajstić information content (AvgIpc) is 2.82. The van der Waals surface area contributed by atoms with Gasteiger partial charge in [0.2, 0.25) is 0 Å². The van der Waals surface area contributed by atoms with E-state index in [9.17, 15) is 4.79 Å². The van der Waals surface area contributed by atoms with Crippen molar-refractivity contribution < 1.29 is 9.53 Å². The molecule has 5 heteroatoms. The summed E-state index contributed by atoms with van der Waals surface area (Å²) in [6, 6.07) is 14.0. The topological polar surface area (TPSA) is 67.0 Å². The number of benzene rings is 2. The van der Waals surface area contributed by atoms with Crippen molar-refractivity contribution in [1.82, 2.24) is 15.3 Å². The van der Waals surface area contributed by atoms with Gasteiger partial charge >= 0.3 is 6.09 Å². The summed E-state index contributed by atoms with van der Waals surface area (Å²) in [5.74, 6) is 1.35. The van der Waals surface area contributed by atoms with E-state index in [1.807, 2.05) is 13.0 Å². The normalized spacial score (nSPS) is 16.9. The van der Waals surface area contributed by atoms with Crippen molar-refractivity contribution in [2.75, 3.05) is 0 Å². The van der Waals surface area contributed by atoms with Crippen molar-refractivity contribution in [3.63, 3.8) is 0 Å². The third-order valence-corrected chi connectivity index (χ3v) is 4.69. The fraction of sp³-hybridized carbons (Fsp3) is 0.300. The molecule has 3 aromatic rings. The summed E-state index contributed by atoms with van der Waals surface area (Å²) in [6.07, 6.45) is 3.54. The molecule has 0 aliphatic heterocycles. The Balaban J connectivity index is 1.42. The summed E-state index contributed by atoms with van der Waals surface area (Å²) in [5.41, 5.74) is 4.44. The smallest absolute Gasteiger partial charge is 0.410 e. The zero-order chi connectivity index (χ0) is 17.2. The zero-order valence-corrected chi connectivity index (χ0v) is 14.2. The summed E-state index contributed by atoms with van der Waals surface area (Å²) in [7, 11) is 0. The van der Waals surface area contributed by atoms with Gasteiger partial charge in [0, 0.05) is 12.1 Å². The second-order valence-electron chi connectivity index (χ2n) is 6.60. The Bertz CT molecular complexity index is 916. The lowest BCUT2D eigenvalue weighted by molar-refractivity contribution is 0.195. The molecule has 0 radical (unpaired) electrons. The minimum Gasteiger partial charge on any atom is -0.410 e. The molecule has 25 heavy (non-hydrogen) atoms. The van der Waals surface area contributed by atoms with Gasteiger partial charge in [-0.2, -0.15) is 0 Å². The Morgan fingerprint density at radius 1 is 1.24 bits per heavy atom. The third kappa shape index (κ3) is 3.50. The Morgan fingerprint density at radius 3 is 2.96 bits per heavy atom. The maximum Gasteiger partial charge on any atom is 0.412 e. The molecular weight excluding hydrogens is 314 g/mol. The van der Waals surface area contributed by atoms with Crippen LogP contribution in [-0.4, -0.2) is 22.1 Å². The molecule has 0 saturated carbocycles. The molecule has 5 nitrogen and oxygen atoms in total. The molecule has 128 valence electrons. The molecule has 1 atom stereocenters. The number of fused-ring (bicyclic) bond motifs is 2. The number of aromatic amines is 1. The van der Waals surface area contributed by atoms with Gasteiger partial charge in [-0.15, -0.1) is 0 Å². The van der Waals surface area contributed by atoms with E-state index < -0.39 is 6.09 Å². The van der Waals surface area contributed by atoms with Gasteiger partial charge in [0.15, 0.2) is 0 Å². The lowest BCUT2D eigenvalue weighted by atomic mass is 10.0.